The Bertz CT molecular complexity index is 685. The molecule has 1 heterocycles. The summed E-state index contributed by atoms with van der Waals surface area (Å²) >= 11 is 14.6. The van der Waals surface area contributed by atoms with E-state index in [1.165, 1.54) is 12.8 Å². The molecule has 0 atom stereocenters. The average molecular weight is 434 g/mol. The number of rotatable bonds is 2. The van der Waals surface area contributed by atoms with Crippen molar-refractivity contribution in [1.29, 1.82) is 0 Å². The number of hydrogen-bond acceptors (Lipinski definition) is 3. The highest BCUT2D eigenvalue weighted by atomic mass is 127. The lowest BCUT2D eigenvalue weighted by molar-refractivity contribution is 0.691. The molecule has 1 aliphatic carbocycles. The van der Waals surface area contributed by atoms with Crippen molar-refractivity contribution in [2.75, 3.05) is 5.73 Å². The van der Waals surface area contributed by atoms with Gasteiger partial charge in [0.2, 0.25) is 0 Å². The predicted molar refractivity (Wildman–Crippen MR) is 95.8 cm³/mol. The second-order valence-corrected chi connectivity index (χ2v) is 7.08. The first kappa shape index (κ1) is 15.3. The van der Waals surface area contributed by atoms with Crippen molar-refractivity contribution >= 4 is 51.6 Å². The summed E-state index contributed by atoms with van der Waals surface area (Å²) in [6.07, 6.45) is 4.82. The van der Waals surface area contributed by atoms with Crippen LogP contribution in [0, 0.1) is 3.57 Å². The highest BCUT2D eigenvalue weighted by Crippen LogP contribution is 2.38. The van der Waals surface area contributed by atoms with Gasteiger partial charge in [0.1, 0.15) is 5.82 Å². The van der Waals surface area contributed by atoms with E-state index in [-0.39, 0.29) is 0 Å². The summed E-state index contributed by atoms with van der Waals surface area (Å²) < 4.78 is 0.960. The lowest BCUT2D eigenvalue weighted by atomic mass is 10.0. The summed E-state index contributed by atoms with van der Waals surface area (Å²) in [7, 11) is 0. The fourth-order valence-electron chi connectivity index (χ4n) is 2.75. The van der Waals surface area contributed by atoms with Gasteiger partial charge in [-0.1, -0.05) is 42.1 Å². The first-order valence-corrected chi connectivity index (χ1v) is 8.68. The molecule has 1 aromatic heterocycles. The third kappa shape index (κ3) is 2.98. The van der Waals surface area contributed by atoms with Crippen LogP contribution < -0.4 is 5.73 Å². The van der Waals surface area contributed by atoms with Gasteiger partial charge in [-0.05, 0) is 47.6 Å². The van der Waals surface area contributed by atoms with Crippen molar-refractivity contribution in [2.24, 2.45) is 0 Å². The van der Waals surface area contributed by atoms with Gasteiger partial charge in [0.15, 0.2) is 5.82 Å². The molecule has 2 N–H and O–H groups in total. The van der Waals surface area contributed by atoms with Gasteiger partial charge < -0.3 is 5.73 Å². The highest BCUT2D eigenvalue weighted by molar-refractivity contribution is 14.1. The topological polar surface area (TPSA) is 51.8 Å². The van der Waals surface area contributed by atoms with Crippen molar-refractivity contribution in [3.63, 3.8) is 0 Å². The Morgan fingerprint density at radius 3 is 2.57 bits per heavy atom. The maximum Gasteiger partial charge on any atom is 0.163 e. The largest absolute Gasteiger partial charge is 0.383 e. The molecule has 0 spiro atoms. The van der Waals surface area contributed by atoms with E-state index < -0.39 is 0 Å². The molecule has 6 heteroatoms. The van der Waals surface area contributed by atoms with Gasteiger partial charge in [-0.2, -0.15) is 0 Å². The lowest BCUT2D eigenvalue weighted by Crippen LogP contribution is -2.08. The van der Waals surface area contributed by atoms with E-state index >= 15 is 0 Å². The van der Waals surface area contributed by atoms with Crippen LogP contribution in [0.1, 0.15) is 37.3 Å². The smallest absolute Gasteiger partial charge is 0.163 e. The molecule has 2 aromatic rings. The number of benzene rings is 1. The Balaban J connectivity index is 2.13. The minimum atomic E-state index is 0.470. The van der Waals surface area contributed by atoms with Gasteiger partial charge >= 0.3 is 0 Å². The fourth-order valence-corrected chi connectivity index (χ4v) is 3.82. The molecule has 3 rings (SSSR count). The van der Waals surface area contributed by atoms with Gasteiger partial charge in [0.25, 0.3) is 0 Å². The quantitative estimate of drug-likeness (QED) is 0.654. The van der Waals surface area contributed by atoms with Crippen LogP contribution in [0.15, 0.2) is 18.2 Å². The van der Waals surface area contributed by atoms with E-state index in [9.17, 15) is 0 Å². The molecular weight excluding hydrogens is 420 g/mol. The number of anilines is 1. The van der Waals surface area contributed by atoms with E-state index in [4.69, 9.17) is 33.9 Å². The van der Waals surface area contributed by atoms with Gasteiger partial charge in [-0.25, -0.2) is 9.97 Å². The number of aromatic nitrogens is 2. The Kier molecular flexibility index (Phi) is 4.57. The van der Waals surface area contributed by atoms with Gasteiger partial charge in [-0.15, -0.1) is 0 Å². The molecule has 1 aromatic carbocycles. The summed E-state index contributed by atoms with van der Waals surface area (Å²) in [5.41, 5.74) is 7.86. The highest BCUT2D eigenvalue weighted by Gasteiger charge is 2.24. The zero-order valence-corrected chi connectivity index (χ0v) is 14.9. The lowest BCUT2D eigenvalue weighted by Gasteiger charge is -2.14. The Morgan fingerprint density at radius 2 is 1.86 bits per heavy atom. The SMILES string of the molecule is Nc1nc(-c2cccc(Cl)c2Cl)nc(C2CCCC2)c1I. The van der Waals surface area contributed by atoms with Crippen LogP contribution in [0.2, 0.25) is 10.0 Å². The zero-order valence-electron chi connectivity index (χ0n) is 11.2. The molecule has 0 radical (unpaired) electrons. The molecular formula is C15H14Cl2IN3. The molecule has 1 fully saturated rings. The second kappa shape index (κ2) is 6.26. The van der Waals surface area contributed by atoms with Crippen LogP contribution in [-0.2, 0) is 0 Å². The zero-order chi connectivity index (χ0) is 15.0. The minimum absolute atomic E-state index is 0.470. The summed E-state index contributed by atoms with van der Waals surface area (Å²) in [6.45, 7) is 0. The summed E-state index contributed by atoms with van der Waals surface area (Å²) in [5.74, 6) is 1.54. The van der Waals surface area contributed by atoms with Crippen LogP contribution in [0.5, 0.6) is 0 Å². The number of nitrogens with zero attached hydrogens (tertiary/aromatic N) is 2. The van der Waals surface area contributed by atoms with E-state index in [0.29, 0.717) is 27.6 Å². The molecule has 0 aliphatic heterocycles. The second-order valence-electron chi connectivity index (χ2n) is 5.21. The first-order valence-electron chi connectivity index (χ1n) is 6.85. The summed E-state index contributed by atoms with van der Waals surface area (Å²) in [4.78, 5) is 9.14. The first-order chi connectivity index (χ1) is 10.1. The van der Waals surface area contributed by atoms with Crippen LogP contribution in [-0.4, -0.2) is 9.97 Å². The van der Waals surface area contributed by atoms with E-state index in [0.717, 1.165) is 27.7 Å². The molecule has 1 saturated carbocycles. The van der Waals surface area contributed by atoms with E-state index in [1.54, 1.807) is 6.07 Å². The Hall–Kier alpha value is -0.590. The third-order valence-corrected chi connectivity index (χ3v) is 5.76. The molecule has 3 nitrogen and oxygen atoms in total. The fraction of sp³-hybridized carbons (Fsp3) is 0.333. The molecule has 110 valence electrons. The standard InChI is InChI=1S/C15H14Cl2IN3/c16-10-7-3-6-9(11(10)17)15-20-13(8-4-1-2-5-8)12(18)14(19)21-15/h3,6-8H,1-2,4-5H2,(H2,19,20,21). The number of nitrogen functional groups attached to an aromatic ring is 1. The summed E-state index contributed by atoms with van der Waals surface area (Å²) in [6, 6.07) is 5.46. The average Bonchev–Trinajstić information content (AvgIpc) is 2.99. The van der Waals surface area contributed by atoms with Crippen LogP contribution >= 0.6 is 45.8 Å². The summed E-state index contributed by atoms with van der Waals surface area (Å²) in [5, 5.41) is 0.967. The number of hydrogen-bond donors (Lipinski definition) is 1. The minimum Gasteiger partial charge on any atom is -0.383 e. The van der Waals surface area contributed by atoms with E-state index in [1.807, 2.05) is 12.1 Å². The van der Waals surface area contributed by atoms with Crippen molar-refractivity contribution in [1.82, 2.24) is 9.97 Å². The van der Waals surface area contributed by atoms with Gasteiger partial charge in [0, 0.05) is 11.5 Å². The van der Waals surface area contributed by atoms with Crippen LogP contribution in [0.3, 0.4) is 0 Å². The Labute approximate surface area is 147 Å². The molecule has 0 bridgehead atoms. The molecule has 21 heavy (non-hydrogen) atoms. The maximum absolute atomic E-state index is 6.28. The number of nitrogens with two attached hydrogens (primary N) is 1. The molecule has 1 aliphatic rings. The number of halogens is 3. The predicted octanol–water partition coefficient (Wildman–Crippen LogP) is 5.29. The molecule has 0 unspecified atom stereocenters. The van der Waals surface area contributed by atoms with Crippen molar-refractivity contribution in [3.8, 4) is 11.4 Å². The van der Waals surface area contributed by atoms with Crippen molar-refractivity contribution in [3.05, 3.63) is 37.5 Å². The van der Waals surface area contributed by atoms with Crippen molar-refractivity contribution < 1.29 is 0 Å². The van der Waals surface area contributed by atoms with Crippen LogP contribution in [0.25, 0.3) is 11.4 Å². The normalized spacial score (nSPS) is 15.6. The van der Waals surface area contributed by atoms with Gasteiger partial charge in [0.05, 0.1) is 19.3 Å². The van der Waals surface area contributed by atoms with Gasteiger partial charge in [-0.3, -0.25) is 0 Å². The Morgan fingerprint density at radius 1 is 1.14 bits per heavy atom. The monoisotopic (exact) mass is 433 g/mol. The third-order valence-electron chi connectivity index (χ3n) is 3.84. The molecule has 0 saturated heterocycles. The molecule has 0 amide bonds. The van der Waals surface area contributed by atoms with E-state index in [2.05, 4.69) is 27.6 Å². The maximum atomic E-state index is 6.28. The van der Waals surface area contributed by atoms with Crippen molar-refractivity contribution in [2.45, 2.75) is 31.6 Å². The van der Waals surface area contributed by atoms with Crippen LogP contribution in [0.4, 0.5) is 5.82 Å².